The smallest absolute Gasteiger partial charge is 0.299 e. The molecule has 0 saturated carbocycles. The molecule has 2 aromatic carbocycles. The number of nitrogen functional groups attached to an aromatic ring is 1. The Kier molecular flexibility index (Phi) is 2.78. The molecule has 0 atom stereocenters. The van der Waals surface area contributed by atoms with Gasteiger partial charge in [-0.2, -0.15) is 0 Å². The zero-order valence-electron chi connectivity index (χ0n) is 12.8. The Balaban J connectivity index is 1.89. The summed E-state index contributed by atoms with van der Waals surface area (Å²) >= 11 is 0. The van der Waals surface area contributed by atoms with Gasteiger partial charge in [0.1, 0.15) is 11.4 Å². The van der Waals surface area contributed by atoms with Crippen LogP contribution in [0.15, 0.2) is 46.9 Å². The third-order valence-electron chi connectivity index (χ3n) is 3.94. The van der Waals surface area contributed by atoms with Crippen molar-refractivity contribution < 1.29 is 9.21 Å². The van der Waals surface area contributed by atoms with E-state index < -0.39 is 0 Å². The van der Waals surface area contributed by atoms with Gasteiger partial charge in [-0.1, -0.05) is 12.1 Å². The predicted molar refractivity (Wildman–Crippen MR) is 89.6 cm³/mol. The van der Waals surface area contributed by atoms with E-state index in [2.05, 4.69) is 4.98 Å². The van der Waals surface area contributed by atoms with E-state index in [1.807, 2.05) is 25.1 Å². The Morgan fingerprint density at radius 1 is 1.13 bits per heavy atom. The molecule has 5 heteroatoms. The van der Waals surface area contributed by atoms with Crippen LogP contribution in [0.2, 0.25) is 0 Å². The number of hydrogen-bond acceptors (Lipinski definition) is 4. The van der Waals surface area contributed by atoms with Crippen molar-refractivity contribution in [2.24, 2.45) is 0 Å². The maximum absolute atomic E-state index is 12.9. The topological polar surface area (TPSA) is 74.0 Å². The molecule has 0 unspecified atom stereocenters. The number of aryl methyl sites for hydroxylation is 2. The molecule has 23 heavy (non-hydrogen) atoms. The standard InChI is InChI=1S/C18H15N3O2/c1-10-3-4-12-8-17(23-16(12)7-10)18(22)21-11(2)20-14-9-13(19)5-6-15(14)21/h3-9H,19H2,1-2H3. The van der Waals surface area contributed by atoms with Crippen LogP contribution >= 0.6 is 0 Å². The number of nitrogens with zero attached hydrogens (tertiary/aromatic N) is 2. The Labute approximate surface area is 132 Å². The van der Waals surface area contributed by atoms with Crippen molar-refractivity contribution in [1.82, 2.24) is 9.55 Å². The van der Waals surface area contributed by atoms with Gasteiger partial charge >= 0.3 is 0 Å². The second-order valence-corrected chi connectivity index (χ2v) is 5.70. The number of nitrogens with two attached hydrogens (primary N) is 1. The molecule has 0 fully saturated rings. The summed E-state index contributed by atoms with van der Waals surface area (Å²) in [5.41, 5.74) is 9.62. The lowest BCUT2D eigenvalue weighted by Gasteiger charge is -2.02. The molecule has 114 valence electrons. The van der Waals surface area contributed by atoms with E-state index in [-0.39, 0.29) is 5.91 Å². The molecule has 0 aliphatic rings. The molecule has 4 aromatic rings. The molecular weight excluding hydrogens is 290 g/mol. The monoisotopic (exact) mass is 305 g/mol. The molecule has 5 nitrogen and oxygen atoms in total. The molecule has 0 spiro atoms. The highest BCUT2D eigenvalue weighted by Crippen LogP contribution is 2.24. The largest absolute Gasteiger partial charge is 0.451 e. The lowest BCUT2D eigenvalue weighted by Crippen LogP contribution is -2.12. The van der Waals surface area contributed by atoms with Crippen LogP contribution in [-0.4, -0.2) is 15.5 Å². The predicted octanol–water partition coefficient (Wildman–Crippen LogP) is 3.67. The Hall–Kier alpha value is -3.08. The highest BCUT2D eigenvalue weighted by Gasteiger charge is 2.19. The van der Waals surface area contributed by atoms with Gasteiger partial charge in [0.2, 0.25) is 0 Å². The fourth-order valence-electron chi connectivity index (χ4n) is 2.83. The minimum atomic E-state index is -0.233. The van der Waals surface area contributed by atoms with Gasteiger partial charge in [0.15, 0.2) is 5.76 Å². The molecule has 0 saturated heterocycles. The van der Waals surface area contributed by atoms with Crippen molar-refractivity contribution in [2.75, 3.05) is 5.73 Å². The molecule has 0 bridgehead atoms. The first-order valence-corrected chi connectivity index (χ1v) is 7.32. The number of fused-ring (bicyclic) bond motifs is 2. The fourth-order valence-corrected chi connectivity index (χ4v) is 2.83. The summed E-state index contributed by atoms with van der Waals surface area (Å²) in [5.74, 6) is 0.667. The van der Waals surface area contributed by atoms with E-state index in [9.17, 15) is 4.79 Å². The van der Waals surface area contributed by atoms with E-state index in [1.165, 1.54) is 0 Å². The van der Waals surface area contributed by atoms with Gasteiger partial charge in [0, 0.05) is 11.1 Å². The van der Waals surface area contributed by atoms with Crippen molar-refractivity contribution in [3.05, 3.63) is 59.6 Å². The normalized spacial score (nSPS) is 11.4. The minimum Gasteiger partial charge on any atom is -0.451 e. The third kappa shape index (κ3) is 2.09. The van der Waals surface area contributed by atoms with Crippen molar-refractivity contribution in [3.63, 3.8) is 0 Å². The SMILES string of the molecule is Cc1ccc2cc(C(=O)n3c(C)nc4cc(N)ccc43)oc2c1. The number of anilines is 1. The van der Waals surface area contributed by atoms with Crippen LogP contribution in [0.3, 0.4) is 0 Å². The zero-order chi connectivity index (χ0) is 16.1. The molecule has 2 heterocycles. The van der Waals surface area contributed by atoms with Crippen LogP contribution in [0.25, 0.3) is 22.0 Å². The molecule has 0 aliphatic heterocycles. The summed E-state index contributed by atoms with van der Waals surface area (Å²) in [6, 6.07) is 12.9. The van der Waals surface area contributed by atoms with Gasteiger partial charge in [0.25, 0.3) is 5.91 Å². The molecular formula is C18H15N3O2. The molecule has 2 N–H and O–H groups in total. The number of rotatable bonds is 1. The molecule has 2 aromatic heterocycles. The number of carbonyl (C=O) groups is 1. The Morgan fingerprint density at radius 3 is 2.78 bits per heavy atom. The number of benzene rings is 2. The van der Waals surface area contributed by atoms with Crippen LogP contribution in [0.5, 0.6) is 0 Å². The molecule has 0 radical (unpaired) electrons. The second kappa shape index (κ2) is 4.71. The first-order valence-electron chi connectivity index (χ1n) is 7.32. The summed E-state index contributed by atoms with van der Waals surface area (Å²) < 4.78 is 7.29. The van der Waals surface area contributed by atoms with Gasteiger partial charge < -0.3 is 10.2 Å². The number of hydrogen-bond donors (Lipinski definition) is 1. The van der Waals surface area contributed by atoms with Gasteiger partial charge in [-0.3, -0.25) is 9.36 Å². The first kappa shape index (κ1) is 13.6. The summed E-state index contributed by atoms with van der Waals surface area (Å²) in [4.78, 5) is 17.3. The summed E-state index contributed by atoms with van der Waals surface area (Å²) in [6.45, 7) is 3.78. The van der Waals surface area contributed by atoms with E-state index in [0.29, 0.717) is 28.4 Å². The maximum Gasteiger partial charge on any atom is 0.299 e. The van der Waals surface area contributed by atoms with Crippen molar-refractivity contribution in [3.8, 4) is 0 Å². The van der Waals surface area contributed by atoms with Crippen LogP contribution in [0.1, 0.15) is 21.9 Å². The number of imidazole rings is 1. The Bertz CT molecular complexity index is 1070. The van der Waals surface area contributed by atoms with Gasteiger partial charge in [-0.25, -0.2) is 4.98 Å². The highest BCUT2D eigenvalue weighted by atomic mass is 16.3. The number of aromatic nitrogens is 2. The van der Waals surface area contributed by atoms with Crippen molar-refractivity contribution in [2.45, 2.75) is 13.8 Å². The summed E-state index contributed by atoms with van der Waals surface area (Å²) in [7, 11) is 0. The van der Waals surface area contributed by atoms with Gasteiger partial charge in [-0.15, -0.1) is 0 Å². The van der Waals surface area contributed by atoms with Gasteiger partial charge in [0.05, 0.1) is 11.0 Å². The lowest BCUT2D eigenvalue weighted by molar-refractivity contribution is 0.0937. The second-order valence-electron chi connectivity index (χ2n) is 5.70. The van der Waals surface area contributed by atoms with Crippen LogP contribution in [-0.2, 0) is 0 Å². The fraction of sp³-hybridized carbons (Fsp3) is 0.111. The average molecular weight is 305 g/mol. The van der Waals surface area contributed by atoms with E-state index >= 15 is 0 Å². The third-order valence-corrected chi connectivity index (χ3v) is 3.94. The highest BCUT2D eigenvalue weighted by molar-refractivity contribution is 6.02. The van der Waals surface area contributed by atoms with E-state index in [4.69, 9.17) is 10.2 Å². The quantitative estimate of drug-likeness (QED) is 0.544. The molecule has 4 rings (SSSR count). The number of furan rings is 1. The average Bonchev–Trinajstić information content (AvgIpc) is 3.05. The van der Waals surface area contributed by atoms with Crippen LogP contribution in [0.4, 0.5) is 5.69 Å². The zero-order valence-corrected chi connectivity index (χ0v) is 12.8. The van der Waals surface area contributed by atoms with Crippen molar-refractivity contribution in [1.29, 1.82) is 0 Å². The lowest BCUT2D eigenvalue weighted by atomic mass is 10.2. The van der Waals surface area contributed by atoms with E-state index in [0.717, 1.165) is 16.5 Å². The van der Waals surface area contributed by atoms with Crippen LogP contribution in [0, 0.1) is 13.8 Å². The summed E-state index contributed by atoms with van der Waals surface area (Å²) in [6.07, 6.45) is 0. The number of carbonyl (C=O) groups excluding carboxylic acids is 1. The van der Waals surface area contributed by atoms with Crippen LogP contribution < -0.4 is 5.73 Å². The molecule has 0 aliphatic carbocycles. The minimum absolute atomic E-state index is 0.233. The maximum atomic E-state index is 12.9. The van der Waals surface area contributed by atoms with E-state index in [1.54, 1.807) is 35.8 Å². The van der Waals surface area contributed by atoms with Gasteiger partial charge in [-0.05, 0) is 49.7 Å². The molecule has 0 amide bonds. The van der Waals surface area contributed by atoms with Crippen molar-refractivity contribution >= 4 is 33.6 Å². The Morgan fingerprint density at radius 2 is 1.96 bits per heavy atom. The first-order chi connectivity index (χ1) is 11.0. The summed E-state index contributed by atoms with van der Waals surface area (Å²) in [5, 5.41) is 0.908.